The number of nitrogens with one attached hydrogen (secondary N) is 2. The number of rotatable bonds is 4. The first-order valence-electron chi connectivity index (χ1n) is 8.45. The van der Waals surface area contributed by atoms with Gasteiger partial charge in [0.05, 0.1) is 12.2 Å². The second-order valence-electron chi connectivity index (χ2n) is 5.94. The Morgan fingerprint density at radius 1 is 1.07 bits per heavy atom. The van der Waals surface area contributed by atoms with Gasteiger partial charge in [-0.05, 0) is 55.5 Å². The first-order chi connectivity index (χ1) is 13.1. The summed E-state index contributed by atoms with van der Waals surface area (Å²) in [6.45, 7) is 2.31. The molecule has 0 saturated carbocycles. The zero-order valence-electron chi connectivity index (χ0n) is 14.8. The Balaban J connectivity index is 1.79. The van der Waals surface area contributed by atoms with E-state index in [9.17, 15) is 4.79 Å². The van der Waals surface area contributed by atoms with Gasteiger partial charge in [-0.15, -0.1) is 0 Å². The lowest BCUT2D eigenvalue weighted by atomic mass is 10.1. The van der Waals surface area contributed by atoms with Crippen LogP contribution < -0.4 is 10.6 Å². The van der Waals surface area contributed by atoms with E-state index in [0.717, 1.165) is 21.4 Å². The standard InChI is InChI=1S/C21H19BrN4O/c1-15-5-4-6-16(13-15)20(27)26-21(24-14-19-7-2-3-12-23-19)25-18-10-8-17(22)9-11-18/h2-13H,14H2,1H3,(H2,24,25,26,27). The van der Waals surface area contributed by atoms with Crippen LogP contribution in [0.4, 0.5) is 5.69 Å². The maximum Gasteiger partial charge on any atom is 0.257 e. The molecular formula is C21H19BrN4O. The number of hydrogen-bond donors (Lipinski definition) is 2. The third-order valence-electron chi connectivity index (χ3n) is 3.74. The van der Waals surface area contributed by atoms with Crippen molar-refractivity contribution in [2.24, 2.45) is 4.99 Å². The Hall–Kier alpha value is -2.99. The molecule has 0 atom stereocenters. The van der Waals surface area contributed by atoms with E-state index < -0.39 is 0 Å². The zero-order chi connectivity index (χ0) is 19.1. The fourth-order valence-electron chi connectivity index (χ4n) is 2.40. The highest BCUT2D eigenvalue weighted by Gasteiger charge is 2.10. The molecule has 3 rings (SSSR count). The molecule has 0 radical (unpaired) electrons. The third-order valence-corrected chi connectivity index (χ3v) is 4.27. The van der Waals surface area contributed by atoms with Gasteiger partial charge in [-0.2, -0.15) is 0 Å². The molecule has 5 nitrogen and oxygen atoms in total. The maximum atomic E-state index is 12.6. The molecule has 0 aliphatic carbocycles. The van der Waals surface area contributed by atoms with E-state index in [1.54, 1.807) is 12.3 Å². The van der Waals surface area contributed by atoms with Gasteiger partial charge in [0.1, 0.15) is 0 Å². The fraction of sp³-hybridized carbons (Fsp3) is 0.0952. The normalized spacial score (nSPS) is 11.1. The van der Waals surface area contributed by atoms with Crippen LogP contribution in [0.1, 0.15) is 21.6 Å². The number of benzene rings is 2. The number of pyridine rings is 1. The summed E-state index contributed by atoms with van der Waals surface area (Å²) < 4.78 is 0.976. The molecule has 1 amide bonds. The van der Waals surface area contributed by atoms with Crippen LogP contribution in [-0.4, -0.2) is 16.9 Å². The quantitative estimate of drug-likeness (QED) is 0.478. The molecule has 0 aliphatic heterocycles. The number of aromatic nitrogens is 1. The Bertz CT molecular complexity index is 940. The monoisotopic (exact) mass is 422 g/mol. The molecule has 0 unspecified atom stereocenters. The lowest BCUT2D eigenvalue weighted by Gasteiger charge is -2.12. The summed E-state index contributed by atoms with van der Waals surface area (Å²) in [7, 11) is 0. The number of halogens is 1. The second-order valence-corrected chi connectivity index (χ2v) is 6.86. The van der Waals surface area contributed by atoms with Crippen LogP contribution in [0.3, 0.4) is 0 Å². The van der Waals surface area contributed by atoms with Crippen molar-refractivity contribution in [3.05, 3.63) is 94.2 Å². The average molecular weight is 423 g/mol. The van der Waals surface area contributed by atoms with Gasteiger partial charge in [0.25, 0.3) is 5.91 Å². The minimum absolute atomic E-state index is 0.219. The van der Waals surface area contributed by atoms with Crippen LogP contribution in [-0.2, 0) is 6.54 Å². The Morgan fingerprint density at radius 2 is 1.89 bits per heavy atom. The second kappa shape index (κ2) is 9.09. The van der Waals surface area contributed by atoms with Gasteiger partial charge >= 0.3 is 0 Å². The molecule has 0 spiro atoms. The number of aryl methyl sites for hydroxylation is 1. The third kappa shape index (κ3) is 5.76. The van der Waals surface area contributed by atoms with Crippen molar-refractivity contribution in [3.63, 3.8) is 0 Å². The first kappa shape index (κ1) is 18.8. The lowest BCUT2D eigenvalue weighted by Crippen LogP contribution is -2.36. The number of carbonyl (C=O) groups is 1. The highest BCUT2D eigenvalue weighted by atomic mass is 79.9. The molecule has 0 bridgehead atoms. The van der Waals surface area contributed by atoms with Crippen LogP contribution in [0.5, 0.6) is 0 Å². The Labute approximate surface area is 166 Å². The zero-order valence-corrected chi connectivity index (χ0v) is 16.4. The molecule has 0 aliphatic rings. The van der Waals surface area contributed by atoms with Gasteiger partial charge in [0, 0.05) is 21.9 Å². The smallest absolute Gasteiger partial charge is 0.257 e. The van der Waals surface area contributed by atoms with E-state index in [1.165, 1.54) is 0 Å². The summed E-state index contributed by atoms with van der Waals surface area (Å²) >= 11 is 3.41. The van der Waals surface area contributed by atoms with Crippen LogP contribution in [0.15, 0.2) is 82.4 Å². The molecular weight excluding hydrogens is 404 g/mol. The van der Waals surface area contributed by atoms with Crippen molar-refractivity contribution in [1.29, 1.82) is 0 Å². The van der Waals surface area contributed by atoms with E-state index in [0.29, 0.717) is 18.1 Å². The van der Waals surface area contributed by atoms with Crippen molar-refractivity contribution in [2.45, 2.75) is 13.5 Å². The van der Waals surface area contributed by atoms with E-state index in [-0.39, 0.29) is 5.91 Å². The van der Waals surface area contributed by atoms with Gasteiger partial charge in [-0.25, -0.2) is 4.99 Å². The largest absolute Gasteiger partial charge is 0.326 e. The number of hydrogen-bond acceptors (Lipinski definition) is 3. The van der Waals surface area contributed by atoms with Gasteiger partial charge in [-0.1, -0.05) is 39.7 Å². The van der Waals surface area contributed by atoms with E-state index in [1.807, 2.05) is 67.6 Å². The van der Waals surface area contributed by atoms with Gasteiger partial charge in [-0.3, -0.25) is 15.1 Å². The number of guanidine groups is 1. The fourth-order valence-corrected chi connectivity index (χ4v) is 2.66. The van der Waals surface area contributed by atoms with Crippen molar-refractivity contribution >= 4 is 33.5 Å². The summed E-state index contributed by atoms with van der Waals surface area (Å²) in [6, 6.07) is 20.7. The molecule has 3 aromatic rings. The highest BCUT2D eigenvalue weighted by Crippen LogP contribution is 2.14. The summed E-state index contributed by atoms with van der Waals surface area (Å²) in [5, 5.41) is 6.02. The van der Waals surface area contributed by atoms with Crippen molar-refractivity contribution in [1.82, 2.24) is 10.3 Å². The number of aliphatic imine (C=N–C) groups is 1. The van der Waals surface area contributed by atoms with E-state index in [4.69, 9.17) is 0 Å². The van der Waals surface area contributed by atoms with Crippen LogP contribution >= 0.6 is 15.9 Å². The minimum Gasteiger partial charge on any atom is -0.326 e. The Kier molecular flexibility index (Phi) is 6.33. The molecule has 0 fully saturated rings. The van der Waals surface area contributed by atoms with Crippen molar-refractivity contribution < 1.29 is 4.79 Å². The predicted octanol–water partition coefficient (Wildman–Crippen LogP) is 4.55. The molecule has 0 saturated heterocycles. The average Bonchev–Trinajstić information content (AvgIpc) is 2.68. The van der Waals surface area contributed by atoms with Crippen molar-refractivity contribution in [2.75, 3.05) is 5.32 Å². The van der Waals surface area contributed by atoms with E-state index >= 15 is 0 Å². The van der Waals surface area contributed by atoms with Crippen molar-refractivity contribution in [3.8, 4) is 0 Å². The van der Waals surface area contributed by atoms with Gasteiger partial charge < -0.3 is 5.32 Å². The number of nitrogens with zero attached hydrogens (tertiary/aromatic N) is 2. The SMILES string of the molecule is Cc1cccc(C(=O)NC(=NCc2ccccn2)Nc2ccc(Br)cc2)c1. The number of amides is 1. The summed E-state index contributed by atoms with van der Waals surface area (Å²) in [5.74, 6) is 0.151. The number of carbonyl (C=O) groups excluding carboxylic acids is 1. The van der Waals surface area contributed by atoms with E-state index in [2.05, 4.69) is 36.5 Å². The summed E-state index contributed by atoms with van der Waals surface area (Å²) in [6.07, 6.45) is 1.72. The summed E-state index contributed by atoms with van der Waals surface area (Å²) in [4.78, 5) is 21.4. The van der Waals surface area contributed by atoms with Crippen LogP contribution in [0, 0.1) is 6.92 Å². The molecule has 2 N–H and O–H groups in total. The highest BCUT2D eigenvalue weighted by molar-refractivity contribution is 9.10. The van der Waals surface area contributed by atoms with Gasteiger partial charge in [0.15, 0.2) is 0 Å². The molecule has 27 heavy (non-hydrogen) atoms. The molecule has 6 heteroatoms. The lowest BCUT2D eigenvalue weighted by molar-refractivity contribution is 0.0977. The maximum absolute atomic E-state index is 12.6. The summed E-state index contributed by atoms with van der Waals surface area (Å²) in [5.41, 5.74) is 3.24. The predicted molar refractivity (Wildman–Crippen MR) is 112 cm³/mol. The molecule has 2 aromatic carbocycles. The molecule has 136 valence electrons. The first-order valence-corrected chi connectivity index (χ1v) is 9.24. The molecule has 1 aromatic heterocycles. The molecule has 1 heterocycles. The van der Waals surface area contributed by atoms with Crippen LogP contribution in [0.25, 0.3) is 0 Å². The number of anilines is 1. The van der Waals surface area contributed by atoms with Gasteiger partial charge in [0.2, 0.25) is 5.96 Å². The van der Waals surface area contributed by atoms with Crippen LogP contribution in [0.2, 0.25) is 0 Å². The minimum atomic E-state index is -0.219. The topological polar surface area (TPSA) is 66.4 Å². The Morgan fingerprint density at radius 3 is 2.59 bits per heavy atom.